The number of hydrogen-bond acceptors (Lipinski definition) is 3. The molecule has 0 saturated heterocycles. The average molecular weight is 305 g/mol. The van der Waals surface area contributed by atoms with Crippen molar-refractivity contribution in [1.29, 1.82) is 0 Å². The summed E-state index contributed by atoms with van der Waals surface area (Å²) in [5.74, 6) is 0.678. The Bertz CT molecular complexity index is 570. The highest BCUT2D eigenvalue weighted by atomic mass is 35.5. The molecule has 0 saturated carbocycles. The Labute approximate surface area is 131 Å². The molecule has 0 aliphatic heterocycles. The van der Waals surface area contributed by atoms with Gasteiger partial charge in [0.15, 0.2) is 0 Å². The molecule has 0 aliphatic rings. The zero-order chi connectivity index (χ0) is 15.1. The second-order valence-electron chi connectivity index (χ2n) is 4.85. The van der Waals surface area contributed by atoms with Crippen LogP contribution in [-0.4, -0.2) is 11.5 Å². The molecule has 112 valence electrons. The number of aromatic nitrogens is 1. The van der Waals surface area contributed by atoms with Crippen LogP contribution in [-0.2, 0) is 19.6 Å². The lowest BCUT2D eigenvalue weighted by Crippen LogP contribution is -2.12. The summed E-state index contributed by atoms with van der Waals surface area (Å²) in [5.41, 5.74) is 3.34. The maximum atomic E-state index is 5.88. The summed E-state index contributed by atoms with van der Waals surface area (Å²) in [7, 11) is 0. The number of benzene rings is 1. The molecule has 21 heavy (non-hydrogen) atoms. The van der Waals surface area contributed by atoms with Crippen LogP contribution in [0, 0.1) is 0 Å². The van der Waals surface area contributed by atoms with Crippen molar-refractivity contribution in [2.45, 2.75) is 33.4 Å². The minimum absolute atomic E-state index is 0.498. The first-order valence-corrected chi connectivity index (χ1v) is 7.67. The topological polar surface area (TPSA) is 34.2 Å². The van der Waals surface area contributed by atoms with Crippen LogP contribution in [0.15, 0.2) is 36.4 Å². The minimum atomic E-state index is 0.498. The molecule has 0 atom stereocenters. The second-order valence-corrected chi connectivity index (χ2v) is 5.29. The van der Waals surface area contributed by atoms with E-state index in [1.54, 1.807) is 0 Å². The largest absolute Gasteiger partial charge is 0.473 e. The van der Waals surface area contributed by atoms with Gasteiger partial charge in [0, 0.05) is 23.3 Å². The Morgan fingerprint density at radius 1 is 1.10 bits per heavy atom. The van der Waals surface area contributed by atoms with E-state index in [9.17, 15) is 0 Å². The third kappa shape index (κ3) is 5.03. The lowest BCUT2D eigenvalue weighted by atomic mass is 10.2. The van der Waals surface area contributed by atoms with Gasteiger partial charge in [0.05, 0.1) is 0 Å². The molecule has 2 rings (SSSR count). The van der Waals surface area contributed by atoms with E-state index in [1.165, 1.54) is 5.56 Å². The van der Waals surface area contributed by atoms with Crippen molar-refractivity contribution in [2.75, 3.05) is 6.54 Å². The monoisotopic (exact) mass is 304 g/mol. The van der Waals surface area contributed by atoms with Crippen LogP contribution in [0.1, 0.15) is 30.7 Å². The Kier molecular flexibility index (Phi) is 6.03. The first-order chi connectivity index (χ1) is 10.2. The van der Waals surface area contributed by atoms with E-state index < -0.39 is 0 Å². The smallest absolute Gasteiger partial charge is 0.214 e. The highest BCUT2D eigenvalue weighted by Crippen LogP contribution is 2.16. The minimum Gasteiger partial charge on any atom is -0.473 e. The average Bonchev–Trinajstić information content (AvgIpc) is 2.52. The van der Waals surface area contributed by atoms with E-state index in [-0.39, 0.29) is 0 Å². The number of halogens is 1. The summed E-state index contributed by atoms with van der Waals surface area (Å²) < 4.78 is 5.81. The van der Waals surface area contributed by atoms with Crippen LogP contribution in [0.25, 0.3) is 0 Å². The Hall–Kier alpha value is -1.58. The predicted octanol–water partition coefficient (Wildman–Crippen LogP) is 3.99. The van der Waals surface area contributed by atoms with Gasteiger partial charge in [-0.2, -0.15) is 0 Å². The van der Waals surface area contributed by atoms with Gasteiger partial charge in [-0.1, -0.05) is 37.6 Å². The molecule has 2 aromatic rings. The molecule has 1 aromatic carbocycles. The van der Waals surface area contributed by atoms with Gasteiger partial charge in [-0.25, -0.2) is 4.98 Å². The molecule has 0 aliphatic carbocycles. The molecule has 0 radical (unpaired) electrons. The molecule has 0 amide bonds. The van der Waals surface area contributed by atoms with Gasteiger partial charge in [-0.3, -0.25) is 0 Å². The SMILES string of the molecule is CCNCc1cc(CC)nc(OCc2ccc(Cl)cc2)c1. The number of nitrogens with one attached hydrogen (secondary N) is 1. The molecule has 0 unspecified atom stereocenters. The van der Waals surface area contributed by atoms with Gasteiger partial charge >= 0.3 is 0 Å². The van der Waals surface area contributed by atoms with Crippen LogP contribution in [0.5, 0.6) is 5.88 Å². The van der Waals surface area contributed by atoms with Gasteiger partial charge in [-0.15, -0.1) is 0 Å². The van der Waals surface area contributed by atoms with E-state index in [0.29, 0.717) is 12.5 Å². The van der Waals surface area contributed by atoms with Crippen LogP contribution >= 0.6 is 11.6 Å². The van der Waals surface area contributed by atoms with Crippen LogP contribution in [0.4, 0.5) is 0 Å². The first kappa shape index (κ1) is 15.8. The molecule has 4 heteroatoms. The maximum Gasteiger partial charge on any atom is 0.214 e. The number of ether oxygens (including phenoxy) is 1. The van der Waals surface area contributed by atoms with Gasteiger partial charge in [0.25, 0.3) is 0 Å². The normalized spacial score (nSPS) is 10.6. The van der Waals surface area contributed by atoms with Crippen molar-refractivity contribution in [1.82, 2.24) is 10.3 Å². The number of nitrogens with zero attached hydrogens (tertiary/aromatic N) is 1. The molecular weight excluding hydrogens is 284 g/mol. The number of pyridine rings is 1. The van der Waals surface area contributed by atoms with Gasteiger partial charge in [0.2, 0.25) is 5.88 Å². The summed E-state index contributed by atoms with van der Waals surface area (Å²) in [6.07, 6.45) is 0.900. The summed E-state index contributed by atoms with van der Waals surface area (Å²) >= 11 is 5.88. The molecule has 0 bridgehead atoms. The first-order valence-electron chi connectivity index (χ1n) is 7.29. The van der Waals surface area contributed by atoms with Crippen molar-refractivity contribution >= 4 is 11.6 Å². The van der Waals surface area contributed by atoms with Crippen molar-refractivity contribution in [3.05, 3.63) is 58.2 Å². The third-order valence-corrected chi connectivity index (χ3v) is 3.41. The molecule has 1 heterocycles. The standard InChI is InChI=1S/C17H21ClN2O/c1-3-16-9-14(11-19-4-2)10-17(20-16)21-12-13-5-7-15(18)8-6-13/h5-10,19H,3-4,11-12H2,1-2H3. The highest BCUT2D eigenvalue weighted by Gasteiger charge is 2.04. The van der Waals surface area contributed by atoms with E-state index in [1.807, 2.05) is 30.3 Å². The van der Waals surface area contributed by atoms with E-state index in [0.717, 1.165) is 35.8 Å². The molecule has 3 nitrogen and oxygen atoms in total. The maximum absolute atomic E-state index is 5.88. The van der Waals surface area contributed by atoms with E-state index >= 15 is 0 Å². The fourth-order valence-corrected chi connectivity index (χ4v) is 2.11. The lowest BCUT2D eigenvalue weighted by molar-refractivity contribution is 0.292. The summed E-state index contributed by atoms with van der Waals surface area (Å²) in [5, 5.41) is 4.06. The molecule has 0 spiro atoms. The summed E-state index contributed by atoms with van der Waals surface area (Å²) in [6, 6.07) is 11.8. The van der Waals surface area contributed by atoms with Crippen molar-refractivity contribution in [3.63, 3.8) is 0 Å². The number of rotatable bonds is 7. The second kappa shape index (κ2) is 8.01. The fourth-order valence-electron chi connectivity index (χ4n) is 1.98. The number of hydrogen-bond donors (Lipinski definition) is 1. The molecule has 1 aromatic heterocycles. The van der Waals surface area contributed by atoms with Crippen LogP contribution < -0.4 is 10.1 Å². The zero-order valence-electron chi connectivity index (χ0n) is 12.5. The Morgan fingerprint density at radius 2 is 1.86 bits per heavy atom. The zero-order valence-corrected chi connectivity index (χ0v) is 13.3. The van der Waals surface area contributed by atoms with Crippen molar-refractivity contribution < 1.29 is 4.74 Å². The van der Waals surface area contributed by atoms with Crippen LogP contribution in [0.2, 0.25) is 5.02 Å². The van der Waals surface area contributed by atoms with Gasteiger partial charge in [0.1, 0.15) is 6.61 Å². The molecule has 0 fully saturated rings. The molecular formula is C17H21ClN2O. The Morgan fingerprint density at radius 3 is 2.52 bits per heavy atom. The predicted molar refractivity (Wildman–Crippen MR) is 86.8 cm³/mol. The van der Waals surface area contributed by atoms with Crippen molar-refractivity contribution in [3.8, 4) is 5.88 Å². The lowest BCUT2D eigenvalue weighted by Gasteiger charge is -2.10. The van der Waals surface area contributed by atoms with Crippen LogP contribution in [0.3, 0.4) is 0 Å². The van der Waals surface area contributed by atoms with E-state index in [2.05, 4.69) is 30.2 Å². The number of aryl methyl sites for hydroxylation is 1. The molecule has 1 N–H and O–H groups in total. The Balaban J connectivity index is 2.05. The summed E-state index contributed by atoms with van der Waals surface area (Å²) in [4.78, 5) is 4.52. The highest BCUT2D eigenvalue weighted by molar-refractivity contribution is 6.30. The quantitative estimate of drug-likeness (QED) is 0.840. The van der Waals surface area contributed by atoms with Gasteiger partial charge in [-0.05, 0) is 42.3 Å². The van der Waals surface area contributed by atoms with Gasteiger partial charge < -0.3 is 10.1 Å². The summed E-state index contributed by atoms with van der Waals surface area (Å²) in [6.45, 7) is 6.48. The fraction of sp³-hybridized carbons (Fsp3) is 0.353. The van der Waals surface area contributed by atoms with E-state index in [4.69, 9.17) is 16.3 Å². The third-order valence-electron chi connectivity index (χ3n) is 3.16. The van der Waals surface area contributed by atoms with Crippen molar-refractivity contribution in [2.24, 2.45) is 0 Å².